The van der Waals surface area contributed by atoms with Crippen molar-refractivity contribution in [2.24, 2.45) is 5.73 Å². The summed E-state index contributed by atoms with van der Waals surface area (Å²) < 4.78 is 5.43. The largest absolute Gasteiger partial charge is 0.356 e. The summed E-state index contributed by atoms with van der Waals surface area (Å²) in [5.41, 5.74) is 10.3. The highest BCUT2D eigenvalue weighted by molar-refractivity contribution is 5.92. The van der Waals surface area contributed by atoms with Gasteiger partial charge in [-0.15, -0.1) is 12.4 Å². The predicted molar refractivity (Wildman–Crippen MR) is 93.1 cm³/mol. The zero-order chi connectivity index (χ0) is 14.7. The Hall–Kier alpha value is -1.84. The Labute approximate surface area is 136 Å². The molecule has 0 spiro atoms. The van der Waals surface area contributed by atoms with Gasteiger partial charge < -0.3 is 10.3 Å². The Morgan fingerprint density at radius 2 is 1.82 bits per heavy atom. The number of hydrogen-bond acceptors (Lipinski definition) is 3. The van der Waals surface area contributed by atoms with Gasteiger partial charge in [0.05, 0.1) is 0 Å². The first-order valence-corrected chi connectivity index (χ1v) is 7.50. The zero-order valence-electron chi connectivity index (χ0n) is 12.7. The van der Waals surface area contributed by atoms with Gasteiger partial charge >= 0.3 is 0 Å². The predicted octanol–water partition coefficient (Wildman–Crippen LogP) is 5.11. The number of hydrogen-bond donors (Lipinski definition) is 1. The van der Waals surface area contributed by atoms with Crippen LogP contribution in [0.25, 0.3) is 22.2 Å². The minimum atomic E-state index is 0. The Kier molecular flexibility index (Phi) is 5.58. The Morgan fingerprint density at radius 1 is 1.09 bits per heavy atom. The van der Waals surface area contributed by atoms with Gasteiger partial charge in [-0.25, -0.2) is 0 Å². The molecular weight excluding hydrogens is 296 g/mol. The molecule has 4 heteroatoms. The van der Waals surface area contributed by atoms with E-state index < -0.39 is 0 Å². The second kappa shape index (κ2) is 7.43. The van der Waals surface area contributed by atoms with Crippen molar-refractivity contribution in [1.82, 2.24) is 5.16 Å². The monoisotopic (exact) mass is 316 g/mol. The topological polar surface area (TPSA) is 52.0 Å². The highest BCUT2D eigenvalue weighted by atomic mass is 35.5. The molecule has 1 atom stereocenters. The van der Waals surface area contributed by atoms with Crippen molar-refractivity contribution < 1.29 is 4.52 Å². The minimum absolute atomic E-state index is 0. The van der Waals surface area contributed by atoms with Crippen LogP contribution < -0.4 is 5.73 Å². The van der Waals surface area contributed by atoms with Gasteiger partial charge in [-0.1, -0.05) is 61.3 Å². The lowest BCUT2D eigenvalue weighted by Crippen LogP contribution is -2.11. The van der Waals surface area contributed by atoms with Gasteiger partial charge in [-0.3, -0.25) is 0 Å². The van der Waals surface area contributed by atoms with Crippen LogP contribution in [0.3, 0.4) is 0 Å². The fourth-order valence-electron chi connectivity index (χ4n) is 2.70. The average Bonchev–Trinajstić information content (AvgIpc) is 2.96. The number of benzene rings is 2. The number of halogens is 1. The van der Waals surface area contributed by atoms with E-state index in [2.05, 4.69) is 24.2 Å². The van der Waals surface area contributed by atoms with Gasteiger partial charge in [-0.2, -0.15) is 0 Å². The normalized spacial score (nSPS) is 12.1. The third-order valence-corrected chi connectivity index (χ3v) is 3.86. The zero-order valence-corrected chi connectivity index (χ0v) is 13.5. The van der Waals surface area contributed by atoms with Crippen molar-refractivity contribution in [3.05, 3.63) is 54.1 Å². The Balaban J connectivity index is 0.00000176. The molecule has 0 bridgehead atoms. The van der Waals surface area contributed by atoms with Crippen molar-refractivity contribution in [2.75, 3.05) is 0 Å². The smallest absolute Gasteiger partial charge is 0.167 e. The number of fused-ring (bicyclic) bond motifs is 1. The number of nitrogens with two attached hydrogens (primary N) is 1. The first-order valence-electron chi connectivity index (χ1n) is 7.50. The molecule has 0 saturated carbocycles. The fourth-order valence-corrected chi connectivity index (χ4v) is 2.70. The summed E-state index contributed by atoms with van der Waals surface area (Å²) in [4.78, 5) is 0. The maximum atomic E-state index is 6.37. The van der Waals surface area contributed by atoms with E-state index >= 15 is 0 Å². The van der Waals surface area contributed by atoms with Gasteiger partial charge in [0, 0.05) is 17.0 Å². The van der Waals surface area contributed by atoms with Crippen molar-refractivity contribution in [3.63, 3.8) is 0 Å². The Bertz CT molecular complexity index is 739. The number of rotatable bonds is 5. The number of aromatic nitrogens is 1. The van der Waals surface area contributed by atoms with E-state index in [4.69, 9.17) is 10.3 Å². The molecule has 2 N–H and O–H groups in total. The summed E-state index contributed by atoms with van der Waals surface area (Å²) in [7, 11) is 0. The van der Waals surface area contributed by atoms with Crippen LogP contribution >= 0.6 is 12.4 Å². The van der Waals surface area contributed by atoms with Crippen molar-refractivity contribution in [1.29, 1.82) is 0 Å². The molecule has 0 amide bonds. The summed E-state index contributed by atoms with van der Waals surface area (Å²) in [6.07, 6.45) is 3.28. The number of para-hydroxylation sites is 1. The molecule has 116 valence electrons. The first kappa shape index (κ1) is 16.5. The maximum Gasteiger partial charge on any atom is 0.167 e. The van der Waals surface area contributed by atoms with E-state index in [1.54, 1.807) is 0 Å². The van der Waals surface area contributed by atoms with Gasteiger partial charge in [0.25, 0.3) is 0 Å². The lowest BCUT2D eigenvalue weighted by molar-refractivity contribution is 0.459. The van der Waals surface area contributed by atoms with Crippen LogP contribution in [0, 0.1) is 0 Å². The minimum Gasteiger partial charge on any atom is -0.356 e. The molecule has 1 unspecified atom stereocenters. The molecule has 0 aliphatic rings. The number of nitrogens with zero attached hydrogens (tertiary/aromatic N) is 1. The van der Waals surface area contributed by atoms with E-state index in [0.29, 0.717) is 0 Å². The molecule has 0 aliphatic heterocycles. The molecule has 1 aromatic heterocycles. The molecule has 0 saturated heterocycles. The third-order valence-electron chi connectivity index (χ3n) is 3.86. The molecule has 2 aromatic carbocycles. The van der Waals surface area contributed by atoms with E-state index in [1.165, 1.54) is 0 Å². The average molecular weight is 317 g/mol. The quantitative estimate of drug-likeness (QED) is 0.712. The fraction of sp³-hybridized carbons (Fsp3) is 0.278. The molecule has 22 heavy (non-hydrogen) atoms. The third kappa shape index (κ3) is 3.16. The molecule has 0 radical (unpaired) electrons. The molecular formula is C18H21ClN2O. The molecule has 1 heterocycles. The summed E-state index contributed by atoms with van der Waals surface area (Å²) in [5, 5.41) is 5.29. The first-order chi connectivity index (χ1) is 10.3. The highest BCUT2D eigenvalue weighted by Crippen LogP contribution is 2.33. The van der Waals surface area contributed by atoms with Gasteiger partial charge in [-0.05, 0) is 24.1 Å². The van der Waals surface area contributed by atoms with Gasteiger partial charge in [0.15, 0.2) is 5.58 Å². The highest BCUT2D eigenvalue weighted by Gasteiger charge is 2.16. The maximum absolute atomic E-state index is 6.37. The van der Waals surface area contributed by atoms with E-state index in [0.717, 1.165) is 47.1 Å². The van der Waals surface area contributed by atoms with Crippen molar-refractivity contribution in [2.45, 2.75) is 32.2 Å². The second-order valence-electron chi connectivity index (χ2n) is 5.36. The summed E-state index contributed by atoms with van der Waals surface area (Å²) in [6, 6.07) is 16.2. The number of unbranched alkanes of at least 4 members (excludes halogenated alkanes) is 1. The molecule has 3 nitrogen and oxygen atoms in total. The lowest BCUT2D eigenvalue weighted by atomic mass is 9.94. The second-order valence-corrected chi connectivity index (χ2v) is 5.36. The molecule has 0 fully saturated rings. The summed E-state index contributed by atoms with van der Waals surface area (Å²) >= 11 is 0. The molecule has 3 rings (SSSR count). The van der Waals surface area contributed by atoms with Crippen LogP contribution in [0.15, 0.2) is 53.1 Å². The Morgan fingerprint density at radius 3 is 2.64 bits per heavy atom. The van der Waals surface area contributed by atoms with E-state index in [9.17, 15) is 0 Å². The molecule has 0 aliphatic carbocycles. The lowest BCUT2D eigenvalue weighted by Gasteiger charge is -2.15. The van der Waals surface area contributed by atoms with Crippen LogP contribution in [0.5, 0.6) is 0 Å². The van der Waals surface area contributed by atoms with Gasteiger partial charge in [0.2, 0.25) is 0 Å². The molecule has 3 aromatic rings. The van der Waals surface area contributed by atoms with E-state index in [-0.39, 0.29) is 18.4 Å². The van der Waals surface area contributed by atoms with Crippen LogP contribution in [-0.4, -0.2) is 5.16 Å². The van der Waals surface area contributed by atoms with Crippen molar-refractivity contribution in [3.8, 4) is 11.3 Å². The van der Waals surface area contributed by atoms with Gasteiger partial charge in [0.1, 0.15) is 5.69 Å². The van der Waals surface area contributed by atoms with Crippen molar-refractivity contribution >= 4 is 23.4 Å². The van der Waals surface area contributed by atoms with Crippen LogP contribution in [-0.2, 0) is 0 Å². The van der Waals surface area contributed by atoms with Crippen LogP contribution in [0.2, 0.25) is 0 Å². The SMILES string of the molecule is CCCCC(N)c1ccccc1-c1noc2ccccc12.Cl. The summed E-state index contributed by atoms with van der Waals surface area (Å²) in [5.74, 6) is 0. The van der Waals surface area contributed by atoms with E-state index in [1.807, 2.05) is 36.4 Å². The van der Waals surface area contributed by atoms with Crippen LogP contribution in [0.4, 0.5) is 0 Å². The van der Waals surface area contributed by atoms with Crippen LogP contribution in [0.1, 0.15) is 37.8 Å². The summed E-state index contributed by atoms with van der Waals surface area (Å²) in [6.45, 7) is 2.18. The standard InChI is InChI=1S/C18H20N2O.ClH/c1-2-3-11-16(19)13-8-4-5-9-14(13)18-15-10-6-7-12-17(15)21-20-18;/h4-10,12,16H,2-3,11,19H2,1H3;1H.